The molecule has 0 aliphatic heterocycles. The molecule has 0 bridgehead atoms. The Morgan fingerprint density at radius 3 is 2.68 bits per heavy atom. The number of imidazole rings is 1. The van der Waals surface area contributed by atoms with Crippen molar-refractivity contribution in [1.29, 1.82) is 0 Å². The minimum absolute atomic E-state index is 0.422. The SMILES string of the molecule is CCOc1ccc(-c2c(Br)nc(CN)n2C)cc1C. The van der Waals surface area contributed by atoms with Crippen molar-refractivity contribution in [2.24, 2.45) is 12.8 Å². The van der Waals surface area contributed by atoms with E-state index < -0.39 is 0 Å². The first kappa shape index (κ1) is 14.1. The van der Waals surface area contributed by atoms with E-state index in [1.54, 1.807) is 0 Å². The monoisotopic (exact) mass is 323 g/mol. The fraction of sp³-hybridized carbons (Fsp3) is 0.357. The third-order valence-corrected chi connectivity index (χ3v) is 3.63. The largest absolute Gasteiger partial charge is 0.494 e. The predicted octanol–water partition coefficient (Wildman–Crippen LogP) is 3.02. The molecule has 2 N–H and O–H groups in total. The summed E-state index contributed by atoms with van der Waals surface area (Å²) >= 11 is 3.50. The van der Waals surface area contributed by atoms with Crippen LogP contribution in [0.15, 0.2) is 22.8 Å². The molecule has 0 radical (unpaired) electrons. The normalized spacial score (nSPS) is 10.8. The molecule has 19 heavy (non-hydrogen) atoms. The standard InChI is InChI=1S/C14H18BrN3O/c1-4-19-11-6-5-10(7-9(11)2)13-14(15)17-12(8-16)18(13)3/h5-7H,4,8,16H2,1-3H3. The van der Waals surface area contributed by atoms with Crippen LogP contribution >= 0.6 is 15.9 Å². The minimum Gasteiger partial charge on any atom is -0.494 e. The first-order valence-electron chi connectivity index (χ1n) is 6.23. The van der Waals surface area contributed by atoms with Crippen LogP contribution in [0.1, 0.15) is 18.3 Å². The number of rotatable bonds is 4. The average molecular weight is 324 g/mol. The highest BCUT2D eigenvalue weighted by molar-refractivity contribution is 9.10. The van der Waals surface area contributed by atoms with Gasteiger partial charge in [-0.25, -0.2) is 4.98 Å². The Morgan fingerprint density at radius 2 is 2.16 bits per heavy atom. The summed E-state index contributed by atoms with van der Waals surface area (Å²) in [6, 6.07) is 6.14. The van der Waals surface area contributed by atoms with Crippen LogP contribution in [0.4, 0.5) is 0 Å². The highest BCUT2D eigenvalue weighted by atomic mass is 79.9. The number of aryl methyl sites for hydroxylation is 1. The predicted molar refractivity (Wildman–Crippen MR) is 80.1 cm³/mol. The number of nitrogens with two attached hydrogens (primary N) is 1. The number of aromatic nitrogens is 2. The molecule has 0 saturated carbocycles. The van der Waals surface area contributed by atoms with Gasteiger partial charge in [-0.05, 0) is 53.5 Å². The molecule has 0 fully saturated rings. The lowest BCUT2D eigenvalue weighted by molar-refractivity contribution is 0.338. The van der Waals surface area contributed by atoms with E-state index >= 15 is 0 Å². The van der Waals surface area contributed by atoms with E-state index in [4.69, 9.17) is 10.5 Å². The third-order valence-electron chi connectivity index (χ3n) is 3.08. The Morgan fingerprint density at radius 1 is 1.42 bits per heavy atom. The fourth-order valence-electron chi connectivity index (χ4n) is 2.12. The fourth-order valence-corrected chi connectivity index (χ4v) is 2.82. The summed E-state index contributed by atoms with van der Waals surface area (Å²) in [6.45, 7) is 5.12. The third kappa shape index (κ3) is 2.67. The lowest BCUT2D eigenvalue weighted by atomic mass is 10.1. The maximum atomic E-state index is 5.68. The lowest BCUT2D eigenvalue weighted by Gasteiger charge is -2.10. The molecule has 1 aromatic heterocycles. The Kier molecular flexibility index (Phi) is 4.27. The average Bonchev–Trinajstić information content (AvgIpc) is 2.67. The van der Waals surface area contributed by atoms with Gasteiger partial charge < -0.3 is 15.0 Å². The van der Waals surface area contributed by atoms with E-state index in [0.29, 0.717) is 13.2 Å². The van der Waals surface area contributed by atoms with Crippen LogP contribution in [0.25, 0.3) is 11.3 Å². The molecular weight excluding hydrogens is 306 g/mol. The zero-order valence-electron chi connectivity index (χ0n) is 11.4. The van der Waals surface area contributed by atoms with Crippen molar-refractivity contribution in [2.75, 3.05) is 6.61 Å². The van der Waals surface area contributed by atoms with Crippen LogP contribution in [0, 0.1) is 6.92 Å². The second-order valence-electron chi connectivity index (χ2n) is 4.34. The van der Waals surface area contributed by atoms with Gasteiger partial charge in [-0.1, -0.05) is 0 Å². The van der Waals surface area contributed by atoms with Gasteiger partial charge in [0.25, 0.3) is 0 Å². The molecule has 102 valence electrons. The van der Waals surface area contributed by atoms with Crippen LogP contribution in [0.5, 0.6) is 5.75 Å². The van der Waals surface area contributed by atoms with Gasteiger partial charge in [0.1, 0.15) is 16.2 Å². The number of benzene rings is 1. The van der Waals surface area contributed by atoms with Gasteiger partial charge >= 0.3 is 0 Å². The van der Waals surface area contributed by atoms with Crippen LogP contribution in [0.2, 0.25) is 0 Å². The molecule has 0 aliphatic rings. The van der Waals surface area contributed by atoms with E-state index in [0.717, 1.165) is 33.0 Å². The van der Waals surface area contributed by atoms with Crippen molar-refractivity contribution in [1.82, 2.24) is 9.55 Å². The Hall–Kier alpha value is -1.33. The number of hydrogen-bond donors (Lipinski definition) is 1. The number of halogens is 1. The molecule has 2 rings (SSSR count). The van der Waals surface area contributed by atoms with E-state index in [1.807, 2.05) is 37.6 Å². The van der Waals surface area contributed by atoms with Crippen LogP contribution in [0.3, 0.4) is 0 Å². The molecule has 4 nitrogen and oxygen atoms in total. The minimum atomic E-state index is 0.422. The van der Waals surface area contributed by atoms with Gasteiger partial charge in [-0.3, -0.25) is 0 Å². The molecule has 0 saturated heterocycles. The lowest BCUT2D eigenvalue weighted by Crippen LogP contribution is -2.05. The Labute approximate surface area is 121 Å². The zero-order chi connectivity index (χ0) is 14.0. The first-order valence-corrected chi connectivity index (χ1v) is 7.02. The molecule has 1 heterocycles. The summed E-state index contributed by atoms with van der Waals surface area (Å²) in [6.07, 6.45) is 0. The molecule has 2 aromatic rings. The number of ether oxygens (including phenoxy) is 1. The van der Waals surface area contributed by atoms with Gasteiger partial charge in [0.15, 0.2) is 0 Å². The van der Waals surface area contributed by atoms with Crippen LogP contribution < -0.4 is 10.5 Å². The van der Waals surface area contributed by atoms with Crippen molar-refractivity contribution >= 4 is 15.9 Å². The van der Waals surface area contributed by atoms with Crippen LogP contribution in [-0.2, 0) is 13.6 Å². The maximum absolute atomic E-state index is 5.68. The molecule has 0 aliphatic carbocycles. The summed E-state index contributed by atoms with van der Waals surface area (Å²) in [4.78, 5) is 4.42. The number of hydrogen-bond acceptors (Lipinski definition) is 3. The highest BCUT2D eigenvalue weighted by Gasteiger charge is 2.14. The summed E-state index contributed by atoms with van der Waals surface area (Å²) in [5, 5.41) is 0. The molecule has 1 aromatic carbocycles. The van der Waals surface area contributed by atoms with Crippen molar-refractivity contribution in [2.45, 2.75) is 20.4 Å². The van der Waals surface area contributed by atoms with Crippen molar-refractivity contribution < 1.29 is 4.74 Å². The molecule has 5 heteroatoms. The van der Waals surface area contributed by atoms with Gasteiger partial charge in [0, 0.05) is 12.6 Å². The van der Waals surface area contributed by atoms with Crippen molar-refractivity contribution in [3.8, 4) is 17.0 Å². The van der Waals surface area contributed by atoms with Gasteiger partial charge in [0.05, 0.1) is 18.8 Å². The molecular formula is C14H18BrN3O. The Balaban J connectivity index is 2.48. The topological polar surface area (TPSA) is 53.1 Å². The molecule has 0 unspecified atom stereocenters. The van der Waals surface area contributed by atoms with E-state index in [9.17, 15) is 0 Å². The van der Waals surface area contributed by atoms with E-state index in [-0.39, 0.29) is 0 Å². The van der Waals surface area contributed by atoms with Crippen molar-refractivity contribution in [3.63, 3.8) is 0 Å². The summed E-state index contributed by atoms with van der Waals surface area (Å²) in [7, 11) is 1.97. The van der Waals surface area contributed by atoms with Crippen molar-refractivity contribution in [3.05, 3.63) is 34.2 Å². The second-order valence-corrected chi connectivity index (χ2v) is 5.10. The smallest absolute Gasteiger partial charge is 0.132 e. The molecule has 0 spiro atoms. The quantitative estimate of drug-likeness (QED) is 0.940. The summed E-state index contributed by atoms with van der Waals surface area (Å²) in [5.41, 5.74) is 8.93. The van der Waals surface area contributed by atoms with E-state index in [1.165, 1.54) is 0 Å². The van der Waals surface area contributed by atoms with Gasteiger partial charge in [-0.15, -0.1) is 0 Å². The first-order chi connectivity index (χ1) is 9.08. The van der Waals surface area contributed by atoms with Gasteiger partial charge in [-0.2, -0.15) is 0 Å². The maximum Gasteiger partial charge on any atom is 0.132 e. The molecule has 0 amide bonds. The zero-order valence-corrected chi connectivity index (χ0v) is 13.0. The second kappa shape index (κ2) is 5.75. The molecule has 0 atom stereocenters. The van der Waals surface area contributed by atoms with Gasteiger partial charge in [0.2, 0.25) is 0 Å². The van der Waals surface area contributed by atoms with E-state index in [2.05, 4.69) is 27.0 Å². The van der Waals surface area contributed by atoms with Crippen LogP contribution in [-0.4, -0.2) is 16.2 Å². The Bertz CT molecular complexity index is 593. The summed E-state index contributed by atoms with van der Waals surface area (Å²) < 4.78 is 8.39. The highest BCUT2D eigenvalue weighted by Crippen LogP contribution is 2.31. The summed E-state index contributed by atoms with van der Waals surface area (Å²) in [5.74, 6) is 1.78. The number of nitrogens with zero attached hydrogens (tertiary/aromatic N) is 2.